The molecule has 0 aromatic rings. The second kappa shape index (κ2) is 43.9. The van der Waals surface area contributed by atoms with Gasteiger partial charge in [0, 0.05) is 13.0 Å². The number of unbranched alkanes of at least 4 members (excludes halogenated alkanes) is 1. The number of aliphatic carboxylic acids is 3. The van der Waals surface area contributed by atoms with E-state index in [0.29, 0.717) is 12.8 Å². The van der Waals surface area contributed by atoms with E-state index >= 15 is 0 Å². The van der Waals surface area contributed by atoms with Crippen molar-refractivity contribution in [1.82, 2.24) is 63.8 Å². The van der Waals surface area contributed by atoms with Crippen molar-refractivity contribution in [2.24, 2.45) is 51.2 Å². The van der Waals surface area contributed by atoms with Crippen molar-refractivity contribution in [2.45, 2.75) is 198 Å². The number of carboxylic acid groups (broad SMARTS) is 3. The number of carbonyl (C=O) groups excluding carboxylic acids is 14. The van der Waals surface area contributed by atoms with Gasteiger partial charge in [-0.2, -0.15) is 0 Å². The molecule has 0 bridgehead atoms. The summed E-state index contributed by atoms with van der Waals surface area (Å²) >= 11 is 0. The number of primary amides is 2. The fraction of sp³-hybridized carbons (Fsp3) is 0.673. The fourth-order valence-electron chi connectivity index (χ4n) is 8.37. The zero-order chi connectivity index (χ0) is 73.0. The minimum absolute atomic E-state index is 0.0163. The number of rotatable bonds is 47. The van der Waals surface area contributed by atoms with E-state index < -0.39 is 211 Å². The number of nitrogens with two attached hydrogens (primary N) is 6. The number of guanidine groups is 1. The molecular formula is C55H95N19O21. The van der Waals surface area contributed by atoms with Gasteiger partial charge >= 0.3 is 17.9 Å². The average Bonchev–Trinajstić information content (AvgIpc) is 0.959. The van der Waals surface area contributed by atoms with E-state index in [2.05, 4.69) is 63.5 Å². The number of amides is 14. The Balaban J connectivity index is 6.19. The van der Waals surface area contributed by atoms with Gasteiger partial charge in [0.25, 0.3) is 0 Å². The first-order valence-corrected chi connectivity index (χ1v) is 30.2. The van der Waals surface area contributed by atoms with Crippen LogP contribution in [0.15, 0.2) is 4.99 Å². The third-order valence-electron chi connectivity index (χ3n) is 13.9. The van der Waals surface area contributed by atoms with Crippen LogP contribution in [-0.2, 0) is 81.5 Å². The second-order valence-electron chi connectivity index (χ2n) is 22.6. The molecule has 40 nitrogen and oxygen atoms in total. The number of aliphatic hydroxyl groups is 1. The lowest BCUT2D eigenvalue weighted by molar-refractivity contribution is -0.143. The normalized spacial score (nSPS) is 15.0. The van der Waals surface area contributed by atoms with Gasteiger partial charge in [-0.15, -0.1) is 0 Å². The third-order valence-corrected chi connectivity index (χ3v) is 13.9. The van der Waals surface area contributed by atoms with Gasteiger partial charge in [0.05, 0.1) is 38.5 Å². The Morgan fingerprint density at radius 3 is 1.36 bits per heavy atom. The van der Waals surface area contributed by atoms with E-state index in [1.807, 2.05) is 5.32 Å². The molecule has 0 aromatic heterocycles. The molecule has 0 spiro atoms. The second-order valence-corrected chi connectivity index (χ2v) is 22.6. The van der Waals surface area contributed by atoms with Crippen LogP contribution < -0.4 is 98.2 Å². The molecule has 0 saturated heterocycles. The summed E-state index contributed by atoms with van der Waals surface area (Å²) in [5, 5.41) is 66.0. The molecule has 0 unspecified atom stereocenters. The van der Waals surface area contributed by atoms with Crippen molar-refractivity contribution in [3.05, 3.63) is 0 Å². The summed E-state index contributed by atoms with van der Waals surface area (Å²) in [6.45, 7) is 8.40. The highest BCUT2D eigenvalue weighted by molar-refractivity contribution is 6.01. The fourth-order valence-corrected chi connectivity index (χ4v) is 8.37. The molecule has 0 saturated carbocycles. The van der Waals surface area contributed by atoms with Gasteiger partial charge < -0.3 is 119 Å². The van der Waals surface area contributed by atoms with Crippen molar-refractivity contribution in [3.63, 3.8) is 0 Å². The lowest BCUT2D eigenvalue weighted by Crippen LogP contribution is -2.61. The van der Waals surface area contributed by atoms with E-state index in [4.69, 9.17) is 34.4 Å². The Labute approximate surface area is 546 Å². The summed E-state index contributed by atoms with van der Waals surface area (Å²) in [6.07, 6.45) is -3.07. The average molecular weight is 1360 g/mol. The van der Waals surface area contributed by atoms with E-state index in [0.717, 1.165) is 13.8 Å². The van der Waals surface area contributed by atoms with E-state index in [1.165, 1.54) is 6.92 Å². The Morgan fingerprint density at radius 1 is 0.442 bits per heavy atom. The van der Waals surface area contributed by atoms with Crippen LogP contribution >= 0.6 is 0 Å². The molecule has 536 valence electrons. The minimum atomic E-state index is -2.10. The van der Waals surface area contributed by atoms with Crippen LogP contribution in [0, 0.1) is 11.8 Å². The molecule has 0 aromatic carbocycles. The zero-order valence-corrected chi connectivity index (χ0v) is 54.0. The number of aliphatic hydroxyl groups excluding tert-OH is 1. The highest BCUT2D eigenvalue weighted by atomic mass is 16.4. The predicted octanol–water partition coefficient (Wildman–Crippen LogP) is -9.74. The summed E-state index contributed by atoms with van der Waals surface area (Å²) in [7, 11) is 0. The molecular weight excluding hydrogens is 1260 g/mol. The van der Waals surface area contributed by atoms with Gasteiger partial charge in [-0.25, -0.2) is 4.79 Å². The van der Waals surface area contributed by atoms with Gasteiger partial charge in [0.2, 0.25) is 82.7 Å². The van der Waals surface area contributed by atoms with Crippen molar-refractivity contribution >= 4 is 107 Å². The SMILES string of the molecule is CC[C@H](C)[C@H](NC(=O)[C@@H](N)CCCN=C(N)N)C(=O)N[C@@H](CC(N)=O)C(=O)N[C@@H](CO)C(=O)N[C@@H](C)C(=O)N[C@@H](CCCCN)C(=O)N[C@@H](CC(=O)O)C(=O)N[C@@H](CC(=O)O)C(=O)N[C@@H](C)C(=O)N[C@@H](C)C(=O)NCC(=O)N[C@@H](CC(C)C)C(=O)N[C@@H](CCC(N)=O)C(=O)O. The Morgan fingerprint density at radius 2 is 0.884 bits per heavy atom. The number of nitrogens with zero attached hydrogens (tertiary/aromatic N) is 1. The van der Waals surface area contributed by atoms with E-state index in [1.54, 1.807) is 27.7 Å². The van der Waals surface area contributed by atoms with Crippen molar-refractivity contribution in [2.75, 3.05) is 26.2 Å². The van der Waals surface area contributed by atoms with Gasteiger partial charge in [0.1, 0.15) is 66.5 Å². The maximum absolute atomic E-state index is 13.9. The van der Waals surface area contributed by atoms with E-state index in [9.17, 15) is 102 Å². The summed E-state index contributed by atoms with van der Waals surface area (Å²) in [4.78, 5) is 223. The first kappa shape index (κ1) is 85.1. The van der Waals surface area contributed by atoms with Crippen LogP contribution in [0.4, 0.5) is 0 Å². The van der Waals surface area contributed by atoms with Gasteiger partial charge in [-0.05, 0) is 84.1 Å². The van der Waals surface area contributed by atoms with Gasteiger partial charge in [0.15, 0.2) is 5.96 Å². The molecule has 0 aliphatic rings. The first-order valence-electron chi connectivity index (χ1n) is 30.2. The van der Waals surface area contributed by atoms with Crippen LogP contribution in [0.25, 0.3) is 0 Å². The largest absolute Gasteiger partial charge is 0.481 e. The molecule has 13 atom stereocenters. The Hall–Kier alpha value is -9.86. The first-order chi connectivity index (χ1) is 44.3. The Bertz CT molecular complexity index is 2750. The molecule has 0 fully saturated rings. The standard InChI is InChI=1S/C55H95N19O21/c1-8-25(4)42(74-46(86)29(57)12-11-17-62-55(60)61)53(93)72-33(19-38(59)77)50(90)73-36(23-75)52(92)66-28(7)45(85)68-30(13-9-10-16-56)47(87)70-35(21-41(81)82)51(91)71-34(20-40(79)80)48(88)65-27(6)44(84)64-26(5)43(83)63-22-39(78)67-32(18-24(2)3)49(89)69-31(54(94)95)14-15-37(58)76/h24-36,42,75H,8-23,56-57H2,1-7H3,(H2,58,76)(H2,59,77)(H,63,83)(H,64,84)(H,65,88)(H,66,92)(H,67,78)(H,68,85)(H,69,89)(H,70,87)(H,71,91)(H,72,93)(H,73,90)(H,74,86)(H,79,80)(H,81,82)(H,94,95)(H4,60,61,62)/t25-,26-,27-,28-,29-,30-,31-,32-,33-,34-,35-,36-,42-/m0/s1. The predicted molar refractivity (Wildman–Crippen MR) is 332 cm³/mol. The monoisotopic (exact) mass is 1360 g/mol. The molecule has 0 radical (unpaired) electrons. The quantitative estimate of drug-likeness (QED) is 0.0153. The lowest BCUT2D eigenvalue weighted by atomic mass is 9.97. The van der Waals surface area contributed by atoms with Gasteiger partial charge in [-0.3, -0.25) is 81.7 Å². The van der Waals surface area contributed by atoms with Crippen LogP contribution in [-0.4, -0.2) is 226 Å². The third kappa shape index (κ3) is 34.6. The molecule has 0 aliphatic heterocycles. The number of hydrogen-bond acceptors (Lipinski definition) is 21. The molecule has 0 heterocycles. The maximum Gasteiger partial charge on any atom is 0.326 e. The summed E-state index contributed by atoms with van der Waals surface area (Å²) in [5.74, 6) is -20.9. The number of carboxylic acids is 3. The number of nitrogens with one attached hydrogen (secondary N) is 12. The molecule has 0 aliphatic carbocycles. The smallest absolute Gasteiger partial charge is 0.326 e. The van der Waals surface area contributed by atoms with E-state index in [-0.39, 0.29) is 69.9 Å². The highest BCUT2D eigenvalue weighted by Gasteiger charge is 2.37. The molecule has 40 heteroatoms. The minimum Gasteiger partial charge on any atom is -0.481 e. The van der Waals surface area contributed by atoms with Crippen molar-refractivity contribution in [1.29, 1.82) is 0 Å². The summed E-state index contributed by atoms with van der Waals surface area (Å²) in [5.41, 5.74) is 32.7. The van der Waals surface area contributed by atoms with Crippen LogP contribution in [0.1, 0.15) is 126 Å². The zero-order valence-electron chi connectivity index (χ0n) is 54.0. The number of aliphatic imine (C=N–C) groups is 1. The van der Waals surface area contributed by atoms with Crippen LogP contribution in [0.3, 0.4) is 0 Å². The van der Waals surface area contributed by atoms with Crippen LogP contribution in [0.2, 0.25) is 0 Å². The summed E-state index contributed by atoms with van der Waals surface area (Å²) in [6, 6.07) is -19.4. The van der Waals surface area contributed by atoms with Crippen molar-refractivity contribution < 1.29 is 102 Å². The number of hydrogen-bond donors (Lipinski definition) is 22. The molecule has 14 amide bonds. The lowest BCUT2D eigenvalue weighted by Gasteiger charge is -2.28. The highest BCUT2D eigenvalue weighted by Crippen LogP contribution is 2.12. The number of carbonyl (C=O) groups is 17. The van der Waals surface area contributed by atoms with Gasteiger partial charge in [-0.1, -0.05) is 34.1 Å². The topological polar surface area (TPSA) is 684 Å². The maximum atomic E-state index is 13.9. The summed E-state index contributed by atoms with van der Waals surface area (Å²) < 4.78 is 0. The Kier molecular flexibility index (Phi) is 39.3. The molecule has 28 N–H and O–H groups in total. The molecule has 0 rings (SSSR count). The molecule has 95 heavy (non-hydrogen) atoms. The van der Waals surface area contributed by atoms with Crippen molar-refractivity contribution in [3.8, 4) is 0 Å². The van der Waals surface area contributed by atoms with Crippen LogP contribution in [0.5, 0.6) is 0 Å².